The average molecular weight is 311 g/mol. The van der Waals surface area contributed by atoms with Crippen molar-refractivity contribution in [3.8, 4) is 0 Å². The molecule has 2 aliphatic heterocycles. The van der Waals surface area contributed by atoms with Gasteiger partial charge in [0, 0.05) is 26.1 Å². The van der Waals surface area contributed by atoms with Crippen LogP contribution in [0, 0.1) is 0 Å². The Bertz CT molecular complexity index is 464. The molecule has 1 atom stereocenters. The van der Waals surface area contributed by atoms with Gasteiger partial charge in [0.25, 0.3) is 5.91 Å². The summed E-state index contributed by atoms with van der Waals surface area (Å²) in [5.74, 6) is -0.171. The number of hydrogen-bond donors (Lipinski definition) is 1. The van der Waals surface area contributed by atoms with E-state index in [0.717, 1.165) is 6.42 Å². The first-order chi connectivity index (χ1) is 10.3. The molecule has 22 heavy (non-hydrogen) atoms. The van der Waals surface area contributed by atoms with Crippen LogP contribution in [0.3, 0.4) is 0 Å². The fourth-order valence-corrected chi connectivity index (χ4v) is 2.76. The Morgan fingerprint density at radius 1 is 1.41 bits per heavy atom. The molecule has 124 valence electrons. The summed E-state index contributed by atoms with van der Waals surface area (Å²) in [5, 5.41) is 2.63. The van der Waals surface area contributed by atoms with Crippen molar-refractivity contribution in [2.45, 2.75) is 51.7 Å². The Labute approximate surface area is 131 Å². The molecule has 0 aromatic heterocycles. The third-order valence-electron chi connectivity index (χ3n) is 4.16. The molecule has 2 aliphatic rings. The van der Waals surface area contributed by atoms with E-state index in [-0.39, 0.29) is 30.5 Å². The van der Waals surface area contributed by atoms with Crippen molar-refractivity contribution in [3.05, 3.63) is 0 Å². The molecule has 0 spiro atoms. The highest BCUT2D eigenvalue weighted by Gasteiger charge is 2.43. The highest BCUT2D eigenvalue weighted by molar-refractivity contribution is 6.06. The smallest absolute Gasteiger partial charge is 0.325 e. The molecule has 7 heteroatoms. The SMILES string of the molecule is CCC1CN(C(=O)CCCN2C(=O)NC(C)(C)C2=O)CCO1. The van der Waals surface area contributed by atoms with Crippen LogP contribution in [0.2, 0.25) is 0 Å². The van der Waals surface area contributed by atoms with Crippen molar-refractivity contribution >= 4 is 17.8 Å². The highest BCUT2D eigenvalue weighted by atomic mass is 16.5. The van der Waals surface area contributed by atoms with Crippen molar-refractivity contribution in [1.29, 1.82) is 0 Å². The maximum absolute atomic E-state index is 12.2. The molecule has 4 amide bonds. The molecule has 2 fully saturated rings. The summed E-state index contributed by atoms with van der Waals surface area (Å²) in [6.07, 6.45) is 1.83. The van der Waals surface area contributed by atoms with Gasteiger partial charge in [-0.3, -0.25) is 14.5 Å². The lowest BCUT2D eigenvalue weighted by molar-refractivity contribution is -0.139. The second kappa shape index (κ2) is 6.64. The number of hydrogen-bond acceptors (Lipinski definition) is 4. The summed E-state index contributed by atoms with van der Waals surface area (Å²) in [5.41, 5.74) is -0.848. The van der Waals surface area contributed by atoms with Crippen LogP contribution in [0.5, 0.6) is 0 Å². The van der Waals surface area contributed by atoms with Gasteiger partial charge >= 0.3 is 6.03 Å². The maximum atomic E-state index is 12.2. The molecule has 0 radical (unpaired) electrons. The molecule has 1 unspecified atom stereocenters. The van der Waals surface area contributed by atoms with Crippen molar-refractivity contribution < 1.29 is 19.1 Å². The molecule has 1 N–H and O–H groups in total. The summed E-state index contributed by atoms with van der Waals surface area (Å²) in [6.45, 7) is 7.50. The first-order valence-corrected chi connectivity index (χ1v) is 7.88. The van der Waals surface area contributed by atoms with E-state index in [1.54, 1.807) is 13.8 Å². The van der Waals surface area contributed by atoms with Crippen LogP contribution in [0.1, 0.15) is 40.0 Å². The van der Waals surface area contributed by atoms with Crippen molar-refractivity contribution in [1.82, 2.24) is 15.1 Å². The van der Waals surface area contributed by atoms with Crippen LogP contribution in [0.15, 0.2) is 0 Å². The van der Waals surface area contributed by atoms with Gasteiger partial charge in [-0.25, -0.2) is 4.79 Å². The zero-order valence-corrected chi connectivity index (χ0v) is 13.6. The Balaban J connectivity index is 1.78. The molecule has 2 heterocycles. The number of carbonyl (C=O) groups excluding carboxylic acids is 3. The van der Waals surface area contributed by atoms with E-state index < -0.39 is 5.54 Å². The van der Waals surface area contributed by atoms with E-state index in [1.165, 1.54) is 4.90 Å². The van der Waals surface area contributed by atoms with Crippen molar-refractivity contribution in [3.63, 3.8) is 0 Å². The van der Waals surface area contributed by atoms with Gasteiger partial charge in [-0.05, 0) is 26.7 Å². The molecule has 2 saturated heterocycles. The van der Waals surface area contributed by atoms with E-state index in [9.17, 15) is 14.4 Å². The normalized spacial score (nSPS) is 24.6. The summed E-state index contributed by atoms with van der Waals surface area (Å²) in [4.78, 5) is 39.0. The lowest BCUT2D eigenvalue weighted by Crippen LogP contribution is -2.45. The second-order valence-electron chi connectivity index (χ2n) is 6.36. The molecular formula is C15H25N3O4. The number of nitrogens with one attached hydrogen (secondary N) is 1. The van der Waals surface area contributed by atoms with Crippen LogP contribution in [-0.4, -0.2) is 65.5 Å². The first kappa shape index (κ1) is 16.7. The van der Waals surface area contributed by atoms with E-state index in [0.29, 0.717) is 32.5 Å². The maximum Gasteiger partial charge on any atom is 0.325 e. The average Bonchev–Trinajstić information content (AvgIpc) is 2.68. The predicted octanol–water partition coefficient (Wildman–Crippen LogP) is 0.734. The minimum absolute atomic E-state index is 0.0630. The lowest BCUT2D eigenvalue weighted by atomic mass is 10.1. The predicted molar refractivity (Wildman–Crippen MR) is 80.2 cm³/mol. The van der Waals surface area contributed by atoms with Gasteiger partial charge in [-0.15, -0.1) is 0 Å². The van der Waals surface area contributed by atoms with Gasteiger partial charge in [0.1, 0.15) is 5.54 Å². The minimum Gasteiger partial charge on any atom is -0.375 e. The third kappa shape index (κ3) is 3.58. The zero-order chi connectivity index (χ0) is 16.3. The van der Waals surface area contributed by atoms with Gasteiger partial charge in [-0.1, -0.05) is 6.92 Å². The zero-order valence-electron chi connectivity index (χ0n) is 13.6. The molecule has 0 saturated carbocycles. The first-order valence-electron chi connectivity index (χ1n) is 7.88. The lowest BCUT2D eigenvalue weighted by Gasteiger charge is -2.32. The minimum atomic E-state index is -0.848. The number of morpholine rings is 1. The Morgan fingerprint density at radius 2 is 2.14 bits per heavy atom. The topological polar surface area (TPSA) is 79.0 Å². The molecule has 0 aromatic carbocycles. The molecule has 7 nitrogen and oxygen atoms in total. The standard InChI is InChI=1S/C15H25N3O4/c1-4-11-10-17(8-9-22-11)12(19)6-5-7-18-13(20)15(2,3)16-14(18)21/h11H,4-10H2,1-3H3,(H,16,21). The largest absolute Gasteiger partial charge is 0.375 e. The number of ether oxygens (including phenoxy) is 1. The van der Waals surface area contributed by atoms with E-state index in [1.807, 2.05) is 11.8 Å². The highest BCUT2D eigenvalue weighted by Crippen LogP contribution is 2.17. The van der Waals surface area contributed by atoms with Crippen LogP contribution < -0.4 is 5.32 Å². The Morgan fingerprint density at radius 3 is 2.73 bits per heavy atom. The van der Waals surface area contributed by atoms with Crippen molar-refractivity contribution in [2.75, 3.05) is 26.2 Å². The van der Waals surface area contributed by atoms with Crippen molar-refractivity contribution in [2.24, 2.45) is 0 Å². The van der Waals surface area contributed by atoms with Gasteiger partial charge in [0.15, 0.2) is 0 Å². The quantitative estimate of drug-likeness (QED) is 0.759. The molecule has 2 rings (SSSR count). The molecule has 0 aliphatic carbocycles. The Hall–Kier alpha value is -1.63. The molecular weight excluding hydrogens is 286 g/mol. The van der Waals surface area contributed by atoms with Crippen LogP contribution in [0.25, 0.3) is 0 Å². The monoisotopic (exact) mass is 311 g/mol. The van der Waals surface area contributed by atoms with Crippen LogP contribution in [-0.2, 0) is 14.3 Å². The summed E-state index contributed by atoms with van der Waals surface area (Å²) >= 11 is 0. The number of carbonyl (C=O) groups is 3. The van der Waals surface area contributed by atoms with Crippen LogP contribution >= 0.6 is 0 Å². The number of rotatable bonds is 5. The van der Waals surface area contributed by atoms with Crippen LogP contribution in [0.4, 0.5) is 4.79 Å². The van der Waals surface area contributed by atoms with Gasteiger partial charge in [-0.2, -0.15) is 0 Å². The molecule has 0 aromatic rings. The van der Waals surface area contributed by atoms with Gasteiger partial charge in [0.05, 0.1) is 12.7 Å². The Kier molecular flexibility index (Phi) is 5.05. The molecule has 0 bridgehead atoms. The number of nitrogens with zero attached hydrogens (tertiary/aromatic N) is 2. The van der Waals surface area contributed by atoms with E-state index in [4.69, 9.17) is 4.74 Å². The van der Waals surface area contributed by atoms with Gasteiger partial charge in [0.2, 0.25) is 5.91 Å². The summed E-state index contributed by atoms with van der Waals surface area (Å²) < 4.78 is 5.54. The fraction of sp³-hybridized carbons (Fsp3) is 0.800. The van der Waals surface area contributed by atoms with E-state index >= 15 is 0 Å². The number of urea groups is 1. The number of imide groups is 1. The van der Waals surface area contributed by atoms with E-state index in [2.05, 4.69) is 5.32 Å². The summed E-state index contributed by atoms with van der Waals surface area (Å²) in [7, 11) is 0. The fourth-order valence-electron chi connectivity index (χ4n) is 2.76. The third-order valence-corrected chi connectivity index (χ3v) is 4.16. The number of amides is 4. The van der Waals surface area contributed by atoms with Gasteiger partial charge < -0.3 is 15.0 Å². The second-order valence-corrected chi connectivity index (χ2v) is 6.36. The summed E-state index contributed by atoms with van der Waals surface area (Å²) in [6, 6.07) is -0.375.